The van der Waals surface area contributed by atoms with Crippen LogP contribution in [0.5, 0.6) is 5.75 Å². The van der Waals surface area contributed by atoms with E-state index in [2.05, 4.69) is 10.6 Å². The summed E-state index contributed by atoms with van der Waals surface area (Å²) < 4.78 is 24.2. The molecular weight excluding hydrogens is 442 g/mol. The Hall–Kier alpha value is -2.91. The van der Waals surface area contributed by atoms with Crippen molar-refractivity contribution >= 4 is 33.0 Å². The zero-order valence-corrected chi connectivity index (χ0v) is 20.0. The summed E-state index contributed by atoms with van der Waals surface area (Å²) >= 11 is 0. The summed E-state index contributed by atoms with van der Waals surface area (Å²) in [7, 11) is -3.46. The molecule has 3 N–H and O–H groups in total. The minimum absolute atomic E-state index is 0.0424. The maximum atomic E-state index is 12.6. The number of amides is 2. The molecule has 33 heavy (non-hydrogen) atoms. The van der Waals surface area contributed by atoms with Crippen LogP contribution in [0.4, 0.5) is 11.4 Å². The topological polar surface area (TPSA) is 116 Å². The molecule has 2 aromatic rings. The minimum atomic E-state index is -3.46. The van der Waals surface area contributed by atoms with Crippen LogP contribution < -0.4 is 10.6 Å². The van der Waals surface area contributed by atoms with E-state index in [1.165, 1.54) is 25.1 Å². The van der Waals surface area contributed by atoms with Crippen molar-refractivity contribution in [2.24, 2.45) is 0 Å². The molecule has 0 radical (unpaired) electrons. The van der Waals surface area contributed by atoms with Crippen LogP contribution in [0.15, 0.2) is 41.3 Å². The molecule has 0 aromatic heterocycles. The van der Waals surface area contributed by atoms with Gasteiger partial charge in [0.1, 0.15) is 5.75 Å². The molecule has 1 aliphatic rings. The molecular formula is C24H31N3O5S. The zero-order chi connectivity index (χ0) is 24.2. The Bertz CT molecular complexity index is 1140. The third-order valence-electron chi connectivity index (χ3n) is 5.68. The maximum absolute atomic E-state index is 12.6. The number of nitrogens with zero attached hydrogens (tertiary/aromatic N) is 1. The third kappa shape index (κ3) is 6.79. The predicted octanol–water partition coefficient (Wildman–Crippen LogP) is 3.23. The van der Waals surface area contributed by atoms with Crippen LogP contribution in [0.1, 0.15) is 37.3 Å². The van der Waals surface area contributed by atoms with Crippen LogP contribution in [0.3, 0.4) is 0 Å². The Morgan fingerprint density at radius 2 is 1.73 bits per heavy atom. The van der Waals surface area contributed by atoms with Crippen molar-refractivity contribution in [3.05, 3.63) is 47.5 Å². The largest absolute Gasteiger partial charge is 0.506 e. The Kier molecular flexibility index (Phi) is 7.76. The third-order valence-corrected chi connectivity index (χ3v) is 7.42. The molecule has 1 aliphatic carbocycles. The van der Waals surface area contributed by atoms with Gasteiger partial charge >= 0.3 is 0 Å². The highest BCUT2D eigenvalue weighted by Gasteiger charge is 2.30. The molecule has 8 nitrogen and oxygen atoms in total. The van der Waals surface area contributed by atoms with E-state index in [0.717, 1.165) is 29.7 Å². The van der Waals surface area contributed by atoms with E-state index in [1.54, 1.807) is 0 Å². The lowest BCUT2D eigenvalue weighted by Crippen LogP contribution is -2.37. The van der Waals surface area contributed by atoms with Gasteiger partial charge in [-0.05, 0) is 62.1 Å². The first-order valence-electron chi connectivity index (χ1n) is 11.1. The first-order valence-corrected chi connectivity index (χ1v) is 12.7. The van der Waals surface area contributed by atoms with E-state index in [4.69, 9.17) is 0 Å². The highest BCUT2D eigenvalue weighted by atomic mass is 32.2. The van der Waals surface area contributed by atoms with Gasteiger partial charge in [0.05, 0.1) is 22.9 Å². The van der Waals surface area contributed by atoms with Crippen molar-refractivity contribution < 1.29 is 23.1 Å². The summed E-state index contributed by atoms with van der Waals surface area (Å²) in [4.78, 5) is 27.1. The van der Waals surface area contributed by atoms with E-state index < -0.39 is 9.84 Å². The summed E-state index contributed by atoms with van der Waals surface area (Å²) in [6.07, 6.45) is 2.07. The van der Waals surface area contributed by atoms with Crippen molar-refractivity contribution in [2.75, 3.05) is 29.5 Å². The summed E-state index contributed by atoms with van der Waals surface area (Å²) in [6, 6.07) is 9.99. The smallest absolute Gasteiger partial charge is 0.238 e. The molecule has 1 fully saturated rings. The second kappa shape index (κ2) is 10.4. The molecule has 0 spiro atoms. The first kappa shape index (κ1) is 24.7. The van der Waals surface area contributed by atoms with E-state index in [9.17, 15) is 23.1 Å². The van der Waals surface area contributed by atoms with Crippen molar-refractivity contribution in [3.63, 3.8) is 0 Å². The molecule has 0 aliphatic heterocycles. The molecule has 178 valence electrons. The van der Waals surface area contributed by atoms with Gasteiger partial charge in [0.2, 0.25) is 11.8 Å². The standard InChI is InChI=1S/C24H31N3O5S/c1-4-33(31,32)19-9-10-22(28)21(14-19)26-23(29)11-12-27(18-7-8-18)15-24(30)25-20-13-16(2)5-6-17(20)3/h5-6,9-10,13-14,18,28H,4,7-8,11-12,15H2,1-3H3,(H,25,30)(H,26,29). The number of rotatable bonds is 10. The van der Waals surface area contributed by atoms with Gasteiger partial charge in [0.25, 0.3) is 0 Å². The van der Waals surface area contributed by atoms with Crippen molar-refractivity contribution in [3.8, 4) is 5.75 Å². The number of carbonyl (C=O) groups is 2. The number of aryl methyl sites for hydroxylation is 2. The number of hydrogen-bond acceptors (Lipinski definition) is 6. The number of benzene rings is 2. The van der Waals surface area contributed by atoms with E-state index in [-0.39, 0.29) is 52.9 Å². The lowest BCUT2D eigenvalue weighted by Gasteiger charge is -2.21. The monoisotopic (exact) mass is 473 g/mol. The fourth-order valence-electron chi connectivity index (χ4n) is 3.51. The van der Waals surface area contributed by atoms with Crippen LogP contribution >= 0.6 is 0 Å². The van der Waals surface area contributed by atoms with Gasteiger partial charge in [-0.1, -0.05) is 19.1 Å². The number of hydrogen-bond donors (Lipinski definition) is 3. The van der Waals surface area contributed by atoms with Gasteiger partial charge < -0.3 is 15.7 Å². The lowest BCUT2D eigenvalue weighted by atomic mass is 10.1. The molecule has 0 saturated heterocycles. The van der Waals surface area contributed by atoms with E-state index in [0.29, 0.717) is 6.54 Å². The summed E-state index contributed by atoms with van der Waals surface area (Å²) in [5.74, 6) is -0.778. The number of phenolic OH excluding ortho intramolecular Hbond substituents is 1. The summed E-state index contributed by atoms with van der Waals surface area (Å²) in [6.45, 7) is 6.00. The molecule has 1 saturated carbocycles. The van der Waals surface area contributed by atoms with Crippen molar-refractivity contribution in [1.29, 1.82) is 0 Å². The van der Waals surface area contributed by atoms with Crippen LogP contribution in [-0.4, -0.2) is 55.1 Å². The van der Waals surface area contributed by atoms with Crippen molar-refractivity contribution in [2.45, 2.75) is 51.0 Å². The first-order chi connectivity index (χ1) is 15.6. The van der Waals surface area contributed by atoms with E-state index >= 15 is 0 Å². The van der Waals surface area contributed by atoms with Gasteiger partial charge in [-0.3, -0.25) is 14.5 Å². The van der Waals surface area contributed by atoms with Crippen LogP contribution in [-0.2, 0) is 19.4 Å². The fourth-order valence-corrected chi connectivity index (χ4v) is 4.41. The molecule has 2 aromatic carbocycles. The number of nitrogens with one attached hydrogen (secondary N) is 2. The number of anilines is 2. The Balaban J connectivity index is 1.58. The van der Waals surface area contributed by atoms with Crippen LogP contribution in [0.25, 0.3) is 0 Å². The molecule has 0 bridgehead atoms. The maximum Gasteiger partial charge on any atom is 0.238 e. The average Bonchev–Trinajstić information content (AvgIpc) is 3.60. The quantitative estimate of drug-likeness (QED) is 0.456. The number of phenols is 1. The fraction of sp³-hybridized carbons (Fsp3) is 0.417. The summed E-state index contributed by atoms with van der Waals surface area (Å²) in [5.41, 5.74) is 2.88. The molecule has 2 amide bonds. The Morgan fingerprint density at radius 3 is 2.39 bits per heavy atom. The Labute approximate surface area is 194 Å². The highest BCUT2D eigenvalue weighted by Crippen LogP contribution is 2.29. The van der Waals surface area contributed by atoms with Gasteiger partial charge in [-0.2, -0.15) is 0 Å². The normalized spacial score (nSPS) is 13.7. The molecule has 0 atom stereocenters. The van der Waals surface area contributed by atoms with Crippen LogP contribution in [0, 0.1) is 13.8 Å². The molecule has 0 heterocycles. The second-order valence-electron chi connectivity index (χ2n) is 8.45. The average molecular weight is 474 g/mol. The number of sulfone groups is 1. The van der Waals surface area contributed by atoms with Gasteiger partial charge in [-0.25, -0.2) is 8.42 Å². The molecule has 9 heteroatoms. The van der Waals surface area contributed by atoms with Gasteiger partial charge in [-0.15, -0.1) is 0 Å². The number of aromatic hydroxyl groups is 1. The Morgan fingerprint density at radius 1 is 1.03 bits per heavy atom. The predicted molar refractivity (Wildman–Crippen MR) is 128 cm³/mol. The highest BCUT2D eigenvalue weighted by molar-refractivity contribution is 7.91. The zero-order valence-electron chi connectivity index (χ0n) is 19.2. The minimum Gasteiger partial charge on any atom is -0.506 e. The van der Waals surface area contributed by atoms with Gasteiger partial charge in [0.15, 0.2) is 9.84 Å². The number of carbonyl (C=O) groups excluding carboxylic acids is 2. The lowest BCUT2D eigenvalue weighted by molar-refractivity contribution is -0.119. The van der Waals surface area contributed by atoms with Crippen LogP contribution in [0.2, 0.25) is 0 Å². The second-order valence-corrected chi connectivity index (χ2v) is 10.7. The molecule has 0 unspecified atom stereocenters. The van der Waals surface area contributed by atoms with Gasteiger partial charge in [0, 0.05) is 24.7 Å². The van der Waals surface area contributed by atoms with E-state index in [1.807, 2.05) is 36.9 Å². The molecule has 3 rings (SSSR count). The van der Waals surface area contributed by atoms with Crippen molar-refractivity contribution in [1.82, 2.24) is 4.90 Å². The summed E-state index contributed by atoms with van der Waals surface area (Å²) in [5, 5.41) is 15.6. The SMILES string of the molecule is CCS(=O)(=O)c1ccc(O)c(NC(=O)CCN(CC(=O)Nc2cc(C)ccc2C)C2CC2)c1.